The van der Waals surface area contributed by atoms with Gasteiger partial charge in [0.1, 0.15) is 12.4 Å². The molecular formula is C20H24N2O2. The van der Waals surface area contributed by atoms with E-state index in [0.29, 0.717) is 6.61 Å². The van der Waals surface area contributed by atoms with Gasteiger partial charge >= 0.3 is 0 Å². The fourth-order valence-corrected chi connectivity index (χ4v) is 2.92. The topological polar surface area (TPSA) is 41.6 Å². The van der Waals surface area contributed by atoms with Gasteiger partial charge in [-0.2, -0.15) is 0 Å². The average Bonchev–Trinajstić information content (AvgIpc) is 3.16. The van der Waals surface area contributed by atoms with Crippen molar-refractivity contribution in [2.24, 2.45) is 0 Å². The summed E-state index contributed by atoms with van der Waals surface area (Å²) in [6.45, 7) is 4.54. The third-order valence-corrected chi connectivity index (χ3v) is 4.44. The maximum atomic E-state index is 12.3. The highest BCUT2D eigenvalue weighted by Crippen LogP contribution is 2.18. The maximum Gasteiger partial charge on any atom is 0.241 e. The summed E-state index contributed by atoms with van der Waals surface area (Å²) in [5.74, 6) is 0.847. The number of ether oxygens (including phenoxy) is 1. The number of nitrogens with zero attached hydrogens (tertiary/aromatic N) is 1. The summed E-state index contributed by atoms with van der Waals surface area (Å²) < 4.78 is 5.76. The second-order valence-corrected chi connectivity index (χ2v) is 6.21. The number of carbonyl (C=O) groups excluding carboxylic acids is 1. The van der Waals surface area contributed by atoms with E-state index < -0.39 is 0 Å². The van der Waals surface area contributed by atoms with Gasteiger partial charge in [-0.25, -0.2) is 0 Å². The Kier molecular flexibility index (Phi) is 5.49. The largest absolute Gasteiger partial charge is 0.489 e. The van der Waals surface area contributed by atoms with Crippen LogP contribution in [-0.2, 0) is 11.4 Å². The van der Waals surface area contributed by atoms with Crippen LogP contribution in [0, 0.1) is 0 Å². The van der Waals surface area contributed by atoms with Crippen molar-refractivity contribution in [2.75, 3.05) is 18.4 Å². The van der Waals surface area contributed by atoms with E-state index in [1.807, 2.05) is 61.5 Å². The van der Waals surface area contributed by atoms with Gasteiger partial charge in [-0.15, -0.1) is 0 Å². The van der Waals surface area contributed by atoms with Crippen LogP contribution in [0.4, 0.5) is 5.69 Å². The average molecular weight is 324 g/mol. The van der Waals surface area contributed by atoms with Crippen molar-refractivity contribution in [1.82, 2.24) is 4.90 Å². The Hall–Kier alpha value is -2.33. The summed E-state index contributed by atoms with van der Waals surface area (Å²) in [6.07, 6.45) is 2.37. The van der Waals surface area contributed by atoms with Crippen molar-refractivity contribution in [3.63, 3.8) is 0 Å². The highest BCUT2D eigenvalue weighted by atomic mass is 16.5. The first-order chi connectivity index (χ1) is 11.7. The molecule has 1 N–H and O–H groups in total. The number of anilines is 1. The Morgan fingerprint density at radius 3 is 2.42 bits per heavy atom. The highest BCUT2D eigenvalue weighted by molar-refractivity contribution is 5.94. The molecule has 0 aromatic heterocycles. The summed E-state index contributed by atoms with van der Waals surface area (Å²) in [5, 5.41) is 2.98. The molecule has 0 bridgehead atoms. The summed E-state index contributed by atoms with van der Waals surface area (Å²) in [5.41, 5.74) is 1.94. The van der Waals surface area contributed by atoms with Crippen LogP contribution in [0.1, 0.15) is 25.3 Å². The minimum Gasteiger partial charge on any atom is -0.489 e. The predicted molar refractivity (Wildman–Crippen MR) is 96.1 cm³/mol. The van der Waals surface area contributed by atoms with Crippen molar-refractivity contribution in [3.05, 3.63) is 60.2 Å². The molecular weight excluding hydrogens is 300 g/mol. The first-order valence-corrected chi connectivity index (χ1v) is 8.54. The molecule has 4 heteroatoms. The number of nitrogens with one attached hydrogen (secondary N) is 1. The Morgan fingerprint density at radius 2 is 1.75 bits per heavy atom. The summed E-state index contributed by atoms with van der Waals surface area (Å²) >= 11 is 0. The minimum atomic E-state index is -0.0819. The minimum absolute atomic E-state index is 0.0508. The van der Waals surface area contributed by atoms with Crippen LogP contribution in [0.25, 0.3) is 0 Å². The lowest BCUT2D eigenvalue weighted by Crippen LogP contribution is -2.40. The lowest BCUT2D eigenvalue weighted by molar-refractivity contribution is -0.120. The van der Waals surface area contributed by atoms with Crippen molar-refractivity contribution < 1.29 is 9.53 Å². The van der Waals surface area contributed by atoms with E-state index in [4.69, 9.17) is 4.74 Å². The highest BCUT2D eigenvalue weighted by Gasteiger charge is 2.23. The van der Waals surface area contributed by atoms with Crippen LogP contribution in [-0.4, -0.2) is 29.9 Å². The Bertz CT molecular complexity index is 649. The van der Waals surface area contributed by atoms with Gasteiger partial charge in [0.25, 0.3) is 0 Å². The molecule has 2 aromatic rings. The van der Waals surface area contributed by atoms with E-state index in [1.165, 1.54) is 12.8 Å². The number of hydrogen-bond donors (Lipinski definition) is 1. The quantitative estimate of drug-likeness (QED) is 0.881. The summed E-state index contributed by atoms with van der Waals surface area (Å²) in [7, 11) is 0. The van der Waals surface area contributed by atoms with Crippen LogP contribution >= 0.6 is 0 Å². The van der Waals surface area contributed by atoms with Crippen molar-refractivity contribution >= 4 is 11.6 Å². The van der Waals surface area contributed by atoms with Gasteiger partial charge in [-0.1, -0.05) is 30.3 Å². The van der Waals surface area contributed by atoms with Crippen LogP contribution in [0.5, 0.6) is 5.75 Å². The molecule has 126 valence electrons. The fraction of sp³-hybridized carbons (Fsp3) is 0.350. The molecule has 4 nitrogen and oxygen atoms in total. The Balaban J connectivity index is 1.51. The number of likely N-dealkylation sites (tertiary alicyclic amines) is 1. The van der Waals surface area contributed by atoms with Crippen molar-refractivity contribution in [2.45, 2.75) is 32.4 Å². The van der Waals surface area contributed by atoms with E-state index in [-0.39, 0.29) is 11.9 Å². The van der Waals surface area contributed by atoms with Gasteiger partial charge in [-0.05, 0) is 62.7 Å². The fourth-order valence-electron chi connectivity index (χ4n) is 2.92. The van der Waals surface area contributed by atoms with Gasteiger partial charge in [0.2, 0.25) is 5.91 Å². The first kappa shape index (κ1) is 16.5. The SMILES string of the molecule is C[C@H](C(=O)Nc1ccc(OCc2ccccc2)cc1)N1CCCC1. The lowest BCUT2D eigenvalue weighted by Gasteiger charge is -2.22. The van der Waals surface area contributed by atoms with E-state index in [2.05, 4.69) is 10.2 Å². The zero-order valence-corrected chi connectivity index (χ0v) is 14.1. The molecule has 0 saturated carbocycles. The maximum absolute atomic E-state index is 12.3. The van der Waals surface area contributed by atoms with Gasteiger partial charge in [0.15, 0.2) is 0 Å². The zero-order chi connectivity index (χ0) is 16.8. The molecule has 1 atom stereocenters. The number of rotatable bonds is 6. The molecule has 1 aliphatic rings. The summed E-state index contributed by atoms with van der Waals surface area (Å²) in [6, 6.07) is 17.5. The molecule has 0 aliphatic carbocycles. The second-order valence-electron chi connectivity index (χ2n) is 6.21. The standard InChI is InChI=1S/C20H24N2O2/c1-16(22-13-5-6-14-22)20(23)21-18-9-11-19(12-10-18)24-15-17-7-3-2-4-8-17/h2-4,7-12,16H,5-6,13-15H2,1H3,(H,21,23)/t16-/m1/s1. The third kappa shape index (κ3) is 4.36. The lowest BCUT2D eigenvalue weighted by atomic mass is 10.2. The van der Waals surface area contributed by atoms with E-state index in [0.717, 1.165) is 30.1 Å². The molecule has 1 amide bonds. The molecule has 24 heavy (non-hydrogen) atoms. The molecule has 1 fully saturated rings. The molecule has 1 heterocycles. The number of hydrogen-bond acceptors (Lipinski definition) is 3. The van der Waals surface area contributed by atoms with E-state index >= 15 is 0 Å². The van der Waals surface area contributed by atoms with Crippen molar-refractivity contribution in [1.29, 1.82) is 0 Å². The van der Waals surface area contributed by atoms with Gasteiger partial charge in [0.05, 0.1) is 6.04 Å². The molecule has 0 radical (unpaired) electrons. The third-order valence-electron chi connectivity index (χ3n) is 4.44. The Morgan fingerprint density at radius 1 is 1.08 bits per heavy atom. The summed E-state index contributed by atoms with van der Waals surface area (Å²) in [4.78, 5) is 14.5. The van der Waals surface area contributed by atoms with Crippen molar-refractivity contribution in [3.8, 4) is 5.75 Å². The normalized spacial score (nSPS) is 15.9. The number of benzene rings is 2. The van der Waals surface area contributed by atoms with Gasteiger partial charge < -0.3 is 10.1 Å². The van der Waals surface area contributed by atoms with Crippen LogP contribution in [0.15, 0.2) is 54.6 Å². The van der Waals surface area contributed by atoms with Crippen LogP contribution < -0.4 is 10.1 Å². The molecule has 2 aromatic carbocycles. The van der Waals surface area contributed by atoms with E-state index in [9.17, 15) is 4.79 Å². The molecule has 1 saturated heterocycles. The zero-order valence-electron chi connectivity index (χ0n) is 14.1. The monoisotopic (exact) mass is 324 g/mol. The molecule has 1 aliphatic heterocycles. The number of carbonyl (C=O) groups is 1. The smallest absolute Gasteiger partial charge is 0.241 e. The predicted octanol–water partition coefficient (Wildman–Crippen LogP) is 3.69. The first-order valence-electron chi connectivity index (χ1n) is 8.54. The van der Waals surface area contributed by atoms with Crippen LogP contribution in [0.3, 0.4) is 0 Å². The number of amides is 1. The van der Waals surface area contributed by atoms with Crippen LogP contribution in [0.2, 0.25) is 0 Å². The molecule has 3 rings (SSSR count). The van der Waals surface area contributed by atoms with E-state index in [1.54, 1.807) is 0 Å². The van der Waals surface area contributed by atoms with Gasteiger partial charge in [-0.3, -0.25) is 9.69 Å². The molecule has 0 unspecified atom stereocenters. The Labute approximate surface area is 143 Å². The second kappa shape index (κ2) is 7.97. The molecule has 0 spiro atoms. The van der Waals surface area contributed by atoms with Gasteiger partial charge in [0, 0.05) is 5.69 Å².